The molecule has 6 heteroatoms. The van der Waals surface area contributed by atoms with Crippen LogP contribution in [-0.2, 0) is 11.2 Å². The predicted octanol–water partition coefficient (Wildman–Crippen LogP) is 5.65. The first-order valence-corrected chi connectivity index (χ1v) is 15.1. The monoisotopic (exact) mass is 534 g/mol. The largest absolute Gasteiger partial charge is 0.343 e. The fourth-order valence-electron chi connectivity index (χ4n) is 7.28. The van der Waals surface area contributed by atoms with E-state index in [-0.39, 0.29) is 6.04 Å². The van der Waals surface area contributed by atoms with Crippen LogP contribution in [0.15, 0.2) is 34.5 Å². The minimum atomic E-state index is 0.129. The number of piperidine rings is 3. The highest BCUT2D eigenvalue weighted by Gasteiger charge is 2.36. The van der Waals surface area contributed by atoms with Crippen molar-refractivity contribution in [3.8, 4) is 12.3 Å². The van der Waals surface area contributed by atoms with Crippen molar-refractivity contribution in [3.63, 3.8) is 0 Å². The van der Waals surface area contributed by atoms with Gasteiger partial charge in [-0.3, -0.25) is 14.7 Å². The van der Waals surface area contributed by atoms with Crippen molar-refractivity contribution in [1.82, 2.24) is 15.1 Å². The molecule has 3 aliphatic heterocycles. The number of benzene rings is 1. The molecule has 38 heavy (non-hydrogen) atoms. The number of aliphatic imine (C=N–C) groups is 1. The van der Waals surface area contributed by atoms with E-state index in [4.69, 9.17) is 23.0 Å². The Morgan fingerprint density at radius 3 is 2.45 bits per heavy atom. The van der Waals surface area contributed by atoms with Crippen LogP contribution in [0.4, 0.5) is 0 Å². The maximum Gasteiger partial charge on any atom is 0.222 e. The number of likely N-dealkylation sites (tertiary alicyclic amines) is 2. The van der Waals surface area contributed by atoms with Gasteiger partial charge in [-0.15, -0.1) is 6.42 Å². The summed E-state index contributed by atoms with van der Waals surface area (Å²) in [4.78, 5) is 22.5. The zero-order chi connectivity index (χ0) is 26.5. The molecule has 3 heterocycles. The van der Waals surface area contributed by atoms with Crippen LogP contribution in [0.5, 0.6) is 0 Å². The Morgan fingerprint density at radius 2 is 1.76 bits per heavy atom. The molecule has 0 saturated carbocycles. The van der Waals surface area contributed by atoms with Crippen molar-refractivity contribution < 1.29 is 4.79 Å². The summed E-state index contributed by atoms with van der Waals surface area (Å²) < 4.78 is 0. The number of nitrogens with zero attached hydrogens (tertiary/aromatic N) is 3. The number of fused-ring (bicyclic) bond motifs is 1. The molecule has 1 aromatic rings. The molecule has 0 bridgehead atoms. The topological polar surface area (TPSA) is 47.9 Å². The zero-order valence-electron chi connectivity index (χ0n) is 22.9. The van der Waals surface area contributed by atoms with Crippen LogP contribution in [0.1, 0.15) is 75.5 Å². The van der Waals surface area contributed by atoms with Gasteiger partial charge >= 0.3 is 0 Å². The molecule has 5 rings (SSSR count). The lowest BCUT2D eigenvalue weighted by Crippen LogP contribution is -2.44. The van der Waals surface area contributed by atoms with E-state index < -0.39 is 0 Å². The van der Waals surface area contributed by atoms with Crippen molar-refractivity contribution >= 4 is 23.7 Å². The maximum absolute atomic E-state index is 12.9. The number of carbonyl (C=O) groups excluding carboxylic acids is 1. The van der Waals surface area contributed by atoms with Gasteiger partial charge in [0.15, 0.2) is 0 Å². The number of hydrogen-bond donors (Lipinski definition) is 1. The SMILES string of the molecule is C#CC=NC1=C(C)CCc2cc(Cl)ccc2C1N1CCC(C2CCN(C(=O)CC3CCNCC3)CC2)CC1. The number of carbonyl (C=O) groups is 1. The van der Waals surface area contributed by atoms with Crippen molar-refractivity contribution in [3.05, 3.63) is 45.6 Å². The van der Waals surface area contributed by atoms with E-state index in [0.29, 0.717) is 11.8 Å². The Bertz CT molecular complexity index is 1080. The lowest BCUT2D eigenvalue weighted by Gasteiger charge is -2.43. The summed E-state index contributed by atoms with van der Waals surface area (Å²) in [6, 6.07) is 6.49. The van der Waals surface area contributed by atoms with E-state index >= 15 is 0 Å². The highest BCUT2D eigenvalue weighted by atomic mass is 35.5. The van der Waals surface area contributed by atoms with E-state index in [1.807, 2.05) is 6.07 Å². The molecule has 3 fully saturated rings. The number of halogens is 1. The van der Waals surface area contributed by atoms with Crippen LogP contribution in [0.25, 0.3) is 0 Å². The third kappa shape index (κ3) is 6.36. The quantitative estimate of drug-likeness (QED) is 0.392. The van der Waals surface area contributed by atoms with Gasteiger partial charge in [0.25, 0.3) is 0 Å². The Hall–Kier alpha value is -2.13. The average Bonchev–Trinajstić information content (AvgIpc) is 3.08. The fraction of sp³-hybridized carbons (Fsp3) is 0.625. The molecule has 0 radical (unpaired) electrons. The maximum atomic E-state index is 12.9. The zero-order valence-corrected chi connectivity index (χ0v) is 23.7. The van der Waals surface area contributed by atoms with E-state index in [1.54, 1.807) is 6.21 Å². The first kappa shape index (κ1) is 27.4. The normalized spacial score (nSPS) is 24.9. The van der Waals surface area contributed by atoms with Gasteiger partial charge in [0, 0.05) is 24.5 Å². The molecule has 0 aromatic heterocycles. The second-order valence-electron chi connectivity index (χ2n) is 11.8. The van der Waals surface area contributed by atoms with Crippen molar-refractivity contribution in [2.24, 2.45) is 22.7 Å². The molecule has 1 amide bonds. The van der Waals surface area contributed by atoms with Crippen LogP contribution >= 0.6 is 11.6 Å². The number of rotatable bonds is 5. The Balaban J connectivity index is 1.20. The second kappa shape index (κ2) is 12.8. The molecule has 3 saturated heterocycles. The second-order valence-corrected chi connectivity index (χ2v) is 12.3. The lowest BCUT2D eigenvalue weighted by molar-refractivity contribution is -0.134. The van der Waals surface area contributed by atoms with Gasteiger partial charge in [-0.25, -0.2) is 0 Å². The summed E-state index contributed by atoms with van der Waals surface area (Å²) >= 11 is 6.39. The summed E-state index contributed by atoms with van der Waals surface area (Å²) in [5, 5.41) is 4.21. The summed E-state index contributed by atoms with van der Waals surface area (Å²) in [6.07, 6.45) is 16.9. The minimum Gasteiger partial charge on any atom is -0.343 e. The lowest BCUT2D eigenvalue weighted by atomic mass is 9.78. The van der Waals surface area contributed by atoms with Crippen LogP contribution in [0.3, 0.4) is 0 Å². The molecule has 1 atom stereocenters. The summed E-state index contributed by atoms with van der Waals surface area (Å²) in [5.41, 5.74) is 5.09. The van der Waals surface area contributed by atoms with E-state index in [9.17, 15) is 4.79 Å². The Kier molecular flexibility index (Phi) is 9.25. The predicted molar refractivity (Wildman–Crippen MR) is 156 cm³/mol. The van der Waals surface area contributed by atoms with Crippen LogP contribution < -0.4 is 5.32 Å². The van der Waals surface area contributed by atoms with Crippen LogP contribution in [-0.4, -0.2) is 61.2 Å². The Morgan fingerprint density at radius 1 is 1.08 bits per heavy atom. The first-order chi connectivity index (χ1) is 18.5. The first-order valence-electron chi connectivity index (χ1n) is 14.7. The molecular formula is C32H43ClN4O. The molecule has 1 unspecified atom stereocenters. The van der Waals surface area contributed by atoms with Gasteiger partial charge in [0.05, 0.1) is 18.0 Å². The molecule has 204 valence electrons. The number of nitrogens with one attached hydrogen (secondary N) is 1. The molecule has 0 spiro atoms. The van der Waals surface area contributed by atoms with Gasteiger partial charge in [-0.2, -0.15) is 0 Å². The van der Waals surface area contributed by atoms with Gasteiger partial charge in [-0.05, 0) is 131 Å². The third-order valence-electron chi connectivity index (χ3n) is 9.56. The third-order valence-corrected chi connectivity index (χ3v) is 9.80. The van der Waals surface area contributed by atoms with Crippen molar-refractivity contribution in [2.45, 2.75) is 70.8 Å². The number of aryl methyl sites for hydroxylation is 1. The minimum absolute atomic E-state index is 0.129. The fourth-order valence-corrected chi connectivity index (χ4v) is 7.47. The van der Waals surface area contributed by atoms with Gasteiger partial charge < -0.3 is 10.2 Å². The molecule has 1 aromatic carbocycles. The summed E-state index contributed by atoms with van der Waals surface area (Å²) in [6.45, 7) is 8.34. The molecular weight excluding hydrogens is 492 g/mol. The summed E-state index contributed by atoms with van der Waals surface area (Å²) in [7, 11) is 0. The van der Waals surface area contributed by atoms with Gasteiger partial charge in [0.1, 0.15) is 0 Å². The molecule has 1 aliphatic carbocycles. The Labute approximate surface area is 234 Å². The van der Waals surface area contributed by atoms with Gasteiger partial charge in [-0.1, -0.05) is 23.6 Å². The van der Waals surface area contributed by atoms with Crippen LogP contribution in [0.2, 0.25) is 5.02 Å². The van der Waals surface area contributed by atoms with E-state index in [0.717, 1.165) is 107 Å². The molecule has 1 N–H and O–H groups in total. The highest BCUT2D eigenvalue weighted by molar-refractivity contribution is 6.30. The molecule has 5 nitrogen and oxygen atoms in total. The van der Waals surface area contributed by atoms with E-state index in [1.165, 1.54) is 29.5 Å². The standard InChI is InChI=1S/C32H43ClN4O/c1-3-14-35-31-23(2)4-5-27-22-28(33)6-7-29(27)32(31)37-19-12-26(13-20-37)25-10-17-36(18-11-25)30(38)21-24-8-15-34-16-9-24/h1,6-7,14,22,24-26,32,34H,4-5,8-13,15-21H2,2H3. The molecule has 4 aliphatic rings. The number of amides is 1. The van der Waals surface area contributed by atoms with Gasteiger partial charge in [0.2, 0.25) is 5.91 Å². The smallest absolute Gasteiger partial charge is 0.222 e. The summed E-state index contributed by atoms with van der Waals surface area (Å²) in [5.74, 6) is 5.04. The van der Waals surface area contributed by atoms with Crippen molar-refractivity contribution in [2.75, 3.05) is 39.3 Å². The van der Waals surface area contributed by atoms with E-state index in [2.05, 4.69) is 40.1 Å². The number of allylic oxidation sites excluding steroid dienone is 1. The van der Waals surface area contributed by atoms with Crippen LogP contribution in [0, 0.1) is 30.1 Å². The highest BCUT2D eigenvalue weighted by Crippen LogP contribution is 2.42. The van der Waals surface area contributed by atoms with Crippen molar-refractivity contribution in [1.29, 1.82) is 0 Å². The average molecular weight is 535 g/mol. The number of terminal acetylenes is 1. The number of hydrogen-bond acceptors (Lipinski definition) is 4.